The van der Waals surface area contributed by atoms with Gasteiger partial charge in [0.25, 0.3) is 0 Å². The lowest BCUT2D eigenvalue weighted by atomic mass is 10.1. The fourth-order valence-corrected chi connectivity index (χ4v) is 3.78. The molecule has 0 spiro atoms. The van der Waals surface area contributed by atoms with Crippen LogP contribution in [0.3, 0.4) is 0 Å². The number of H-pyrrole nitrogens is 1. The number of aryl methyl sites for hydroxylation is 1. The number of pyridine rings is 2. The largest absolute Gasteiger partial charge is 0.378 e. The summed E-state index contributed by atoms with van der Waals surface area (Å²) in [6.07, 6.45) is 10.3. The van der Waals surface area contributed by atoms with Crippen molar-refractivity contribution >= 4 is 22.8 Å². The molecule has 0 bridgehead atoms. The maximum absolute atomic E-state index is 5.42. The molecule has 1 aliphatic rings. The fourth-order valence-electron chi connectivity index (χ4n) is 3.78. The average molecular weight is 416 g/mol. The molecule has 0 atom stereocenters. The second-order valence-corrected chi connectivity index (χ2v) is 7.79. The van der Waals surface area contributed by atoms with E-state index < -0.39 is 0 Å². The number of nitrogens with one attached hydrogen (secondary N) is 2. The van der Waals surface area contributed by atoms with Gasteiger partial charge in [-0.3, -0.25) is 0 Å². The topological polar surface area (TPSA) is 91.9 Å². The Morgan fingerprint density at radius 1 is 1.03 bits per heavy atom. The van der Waals surface area contributed by atoms with Crippen molar-refractivity contribution in [1.29, 1.82) is 0 Å². The maximum Gasteiger partial charge on any atom is 0.222 e. The Hall–Kier alpha value is -3.52. The van der Waals surface area contributed by atoms with Gasteiger partial charge in [-0.15, -0.1) is 0 Å². The molecule has 5 rings (SSSR count). The first kappa shape index (κ1) is 19.4. The zero-order valence-corrected chi connectivity index (χ0v) is 17.5. The summed E-state index contributed by atoms with van der Waals surface area (Å²) in [7, 11) is 0. The summed E-state index contributed by atoms with van der Waals surface area (Å²) in [5.74, 6) is 1.60. The number of ether oxygens (including phenoxy) is 1. The van der Waals surface area contributed by atoms with Crippen LogP contribution in [-0.2, 0) is 17.7 Å². The second kappa shape index (κ2) is 8.69. The molecule has 0 radical (unpaired) electrons. The van der Waals surface area contributed by atoms with Crippen molar-refractivity contribution in [3.05, 3.63) is 71.4 Å². The van der Waals surface area contributed by atoms with Crippen molar-refractivity contribution in [1.82, 2.24) is 24.9 Å². The summed E-state index contributed by atoms with van der Waals surface area (Å²) in [5, 5.41) is 4.45. The minimum Gasteiger partial charge on any atom is -0.378 e. The molecule has 1 aliphatic heterocycles. The molecule has 0 aromatic carbocycles. The van der Waals surface area contributed by atoms with Crippen molar-refractivity contribution in [2.45, 2.75) is 19.9 Å². The summed E-state index contributed by atoms with van der Waals surface area (Å²) in [4.78, 5) is 23.4. The zero-order valence-electron chi connectivity index (χ0n) is 17.5. The number of morpholine rings is 1. The van der Waals surface area contributed by atoms with Crippen LogP contribution in [0.15, 0.2) is 49.2 Å². The van der Waals surface area contributed by atoms with Crippen LogP contribution >= 0.6 is 0 Å². The Labute approximate surface area is 180 Å². The first-order valence-corrected chi connectivity index (χ1v) is 10.5. The van der Waals surface area contributed by atoms with Gasteiger partial charge in [-0.2, -0.15) is 0 Å². The molecule has 158 valence electrons. The van der Waals surface area contributed by atoms with Crippen molar-refractivity contribution in [2.75, 3.05) is 36.5 Å². The van der Waals surface area contributed by atoms with Gasteiger partial charge < -0.3 is 19.9 Å². The van der Waals surface area contributed by atoms with E-state index in [1.807, 2.05) is 37.1 Å². The number of aromatic nitrogens is 5. The van der Waals surface area contributed by atoms with Crippen LogP contribution in [0.5, 0.6) is 0 Å². The van der Waals surface area contributed by atoms with E-state index in [9.17, 15) is 0 Å². The predicted octanol–water partition coefficient (Wildman–Crippen LogP) is 3.10. The quantitative estimate of drug-likeness (QED) is 0.500. The lowest BCUT2D eigenvalue weighted by molar-refractivity contribution is 0.122. The number of fused-ring (bicyclic) bond motifs is 1. The molecular formula is C23H25N7O. The van der Waals surface area contributed by atoms with Crippen LogP contribution in [0.1, 0.15) is 22.3 Å². The van der Waals surface area contributed by atoms with E-state index in [-0.39, 0.29) is 0 Å². The molecule has 5 heterocycles. The van der Waals surface area contributed by atoms with E-state index in [0.29, 0.717) is 12.5 Å². The number of nitrogens with zero attached hydrogens (tertiary/aromatic N) is 5. The zero-order chi connectivity index (χ0) is 21.0. The number of hydrogen-bond donors (Lipinski definition) is 2. The summed E-state index contributed by atoms with van der Waals surface area (Å²) < 4.78 is 5.42. The minimum atomic E-state index is 0.616. The first-order valence-electron chi connectivity index (χ1n) is 10.5. The van der Waals surface area contributed by atoms with E-state index in [1.165, 1.54) is 5.56 Å². The summed E-state index contributed by atoms with van der Waals surface area (Å²) in [6.45, 7) is 5.95. The Morgan fingerprint density at radius 2 is 1.87 bits per heavy atom. The monoisotopic (exact) mass is 415 g/mol. The molecule has 8 heteroatoms. The number of hydrogen-bond acceptors (Lipinski definition) is 7. The lowest BCUT2D eigenvalue weighted by Crippen LogP contribution is -2.36. The highest BCUT2D eigenvalue weighted by molar-refractivity contribution is 5.80. The normalized spacial score (nSPS) is 14.2. The van der Waals surface area contributed by atoms with Crippen molar-refractivity contribution in [3.63, 3.8) is 0 Å². The molecule has 0 saturated carbocycles. The van der Waals surface area contributed by atoms with Crippen molar-refractivity contribution < 1.29 is 4.74 Å². The van der Waals surface area contributed by atoms with Crippen LogP contribution in [0.4, 0.5) is 11.8 Å². The first-order chi connectivity index (χ1) is 15.2. The Balaban J connectivity index is 1.22. The molecule has 0 amide bonds. The summed E-state index contributed by atoms with van der Waals surface area (Å²) in [6, 6.07) is 6.28. The Bertz CT molecular complexity index is 1170. The molecule has 8 nitrogen and oxygen atoms in total. The molecule has 1 fully saturated rings. The summed E-state index contributed by atoms with van der Waals surface area (Å²) >= 11 is 0. The minimum absolute atomic E-state index is 0.616. The SMILES string of the molecule is Cc1cnc2[nH]cc(Cc3cnc(NCc4ccnc(N5CCOCC5)c4)nc3)c2c1. The molecule has 0 unspecified atom stereocenters. The van der Waals surface area contributed by atoms with E-state index >= 15 is 0 Å². The molecule has 4 aromatic heterocycles. The molecule has 0 aliphatic carbocycles. The van der Waals surface area contributed by atoms with Gasteiger partial charge in [0.1, 0.15) is 11.5 Å². The summed E-state index contributed by atoms with van der Waals surface area (Å²) in [5.41, 5.74) is 5.46. The standard InChI is InChI=1S/C23H25N7O/c1-16-8-20-19(15-26-22(20)25-11-16)9-18-13-28-23(29-14-18)27-12-17-2-3-24-21(10-17)30-4-6-31-7-5-30/h2-3,8,10-11,13-15H,4-7,9,12H2,1H3,(H,25,26)(H,27,28,29). The molecule has 1 saturated heterocycles. The van der Waals surface area contributed by atoms with Crippen LogP contribution in [-0.4, -0.2) is 51.2 Å². The van der Waals surface area contributed by atoms with Crippen molar-refractivity contribution in [2.24, 2.45) is 0 Å². The molecule has 4 aromatic rings. The van der Waals surface area contributed by atoms with Gasteiger partial charge in [0.05, 0.1) is 13.2 Å². The third kappa shape index (κ3) is 4.49. The third-order valence-electron chi connectivity index (χ3n) is 5.45. The lowest BCUT2D eigenvalue weighted by Gasteiger charge is -2.28. The smallest absolute Gasteiger partial charge is 0.222 e. The van der Waals surface area contributed by atoms with E-state index in [1.54, 1.807) is 0 Å². The number of rotatable bonds is 6. The Kier molecular flexibility index (Phi) is 5.45. The maximum atomic E-state index is 5.42. The second-order valence-electron chi connectivity index (χ2n) is 7.79. The highest BCUT2D eigenvalue weighted by Gasteiger charge is 2.12. The average Bonchev–Trinajstić information content (AvgIpc) is 3.21. The molecule has 31 heavy (non-hydrogen) atoms. The van der Waals surface area contributed by atoms with Crippen LogP contribution in [0.2, 0.25) is 0 Å². The van der Waals surface area contributed by atoms with Crippen molar-refractivity contribution in [3.8, 4) is 0 Å². The third-order valence-corrected chi connectivity index (χ3v) is 5.45. The van der Waals surface area contributed by atoms with E-state index in [4.69, 9.17) is 4.74 Å². The van der Waals surface area contributed by atoms with Gasteiger partial charge in [0.2, 0.25) is 5.95 Å². The molecular weight excluding hydrogens is 390 g/mol. The highest BCUT2D eigenvalue weighted by Crippen LogP contribution is 2.20. The Morgan fingerprint density at radius 3 is 2.71 bits per heavy atom. The van der Waals surface area contributed by atoms with Gasteiger partial charge in [-0.05, 0) is 47.4 Å². The van der Waals surface area contributed by atoms with E-state index in [0.717, 1.165) is 66.3 Å². The fraction of sp³-hybridized carbons (Fsp3) is 0.304. The van der Waals surface area contributed by atoms with E-state index in [2.05, 4.69) is 54.2 Å². The molecule has 2 N–H and O–H groups in total. The number of aromatic amines is 1. The van der Waals surface area contributed by atoms with Gasteiger partial charge in [0.15, 0.2) is 0 Å². The highest BCUT2D eigenvalue weighted by atomic mass is 16.5. The van der Waals surface area contributed by atoms with Gasteiger partial charge in [0, 0.05) is 62.4 Å². The predicted molar refractivity (Wildman–Crippen MR) is 120 cm³/mol. The van der Waals surface area contributed by atoms with Crippen LogP contribution in [0.25, 0.3) is 11.0 Å². The van der Waals surface area contributed by atoms with Crippen LogP contribution in [0, 0.1) is 6.92 Å². The van der Waals surface area contributed by atoms with Gasteiger partial charge >= 0.3 is 0 Å². The van der Waals surface area contributed by atoms with Crippen LogP contribution < -0.4 is 10.2 Å². The van der Waals surface area contributed by atoms with Gasteiger partial charge in [-0.1, -0.05) is 0 Å². The number of anilines is 2. The van der Waals surface area contributed by atoms with Gasteiger partial charge in [-0.25, -0.2) is 19.9 Å².